The van der Waals surface area contributed by atoms with Crippen LogP contribution in [-0.2, 0) is 56.7 Å². The van der Waals surface area contributed by atoms with E-state index in [0.29, 0.717) is 0 Å². The first-order valence-corrected chi connectivity index (χ1v) is 6.41. The first-order valence-electron chi connectivity index (χ1n) is 6.41. The first-order chi connectivity index (χ1) is 10.8. The van der Waals surface area contributed by atoms with E-state index in [-0.39, 0.29) is 40.1 Å². The van der Waals surface area contributed by atoms with Gasteiger partial charge < -0.3 is 27.4 Å². The number of rotatable bonds is 2. The van der Waals surface area contributed by atoms with Crippen molar-refractivity contribution in [3.05, 3.63) is 54.7 Å². The number of imide groups is 2. The summed E-state index contributed by atoms with van der Waals surface area (Å²) in [4.78, 5) is 54.3. The molecule has 2 saturated heterocycles. The van der Waals surface area contributed by atoms with Crippen molar-refractivity contribution in [3.8, 4) is 0 Å². The number of likely N-dealkylation sites (tertiary alicyclic amines) is 1. The molecule has 4 amide bonds. The Morgan fingerprint density at radius 1 is 1.08 bits per heavy atom. The SMILES string of the molecule is CN1C(=O)C2(C(=O)[N-]C2=O)C1=O.O=C(O)/C=C/c1ccccc1.[CH3-].[Y]. The minimum Gasteiger partial charge on any atom is -0.592 e. The molecular weight excluding hydrogens is 405 g/mol. The van der Waals surface area contributed by atoms with Crippen molar-refractivity contribution >= 4 is 35.7 Å². The molecule has 2 fully saturated rings. The Morgan fingerprint density at radius 2 is 1.56 bits per heavy atom. The monoisotopic (exact) mass is 419 g/mol. The van der Waals surface area contributed by atoms with Crippen LogP contribution in [0.3, 0.4) is 0 Å². The standard InChI is InChI=1S/C9H8O2.C6H4N2O4.CH3.Y/c10-9(11)7-6-8-4-2-1-3-5-8;1-8-4(11)6(5(8)12)2(9)7-3(6)10;;/h1-7H,(H,10,11);1H3,(H,7,9,10);1H3;/q;;-1;/p-1/b7-6+;;;. The number of carboxylic acids is 1. The summed E-state index contributed by atoms with van der Waals surface area (Å²) in [5, 5.41) is 11.2. The Hall–Kier alpha value is -2.19. The molecule has 8 nitrogen and oxygen atoms in total. The molecule has 2 heterocycles. The summed E-state index contributed by atoms with van der Waals surface area (Å²) < 4.78 is 0. The summed E-state index contributed by atoms with van der Waals surface area (Å²) in [5.41, 5.74) is -1.15. The smallest absolute Gasteiger partial charge is 0.328 e. The van der Waals surface area contributed by atoms with Crippen LogP contribution in [0.4, 0.5) is 0 Å². The van der Waals surface area contributed by atoms with Gasteiger partial charge in [0.2, 0.25) is 5.41 Å². The first kappa shape index (κ1) is 22.8. The normalized spacial score (nSPS) is 16.6. The van der Waals surface area contributed by atoms with E-state index in [1.807, 2.05) is 30.3 Å². The molecule has 9 heteroatoms. The van der Waals surface area contributed by atoms with Crippen LogP contribution in [0.5, 0.6) is 0 Å². The van der Waals surface area contributed by atoms with Crippen molar-refractivity contribution < 1.29 is 61.8 Å². The maximum atomic E-state index is 11.0. The zero-order chi connectivity index (χ0) is 17.2. The fourth-order valence-corrected chi connectivity index (χ4v) is 2.03. The average molecular weight is 419 g/mol. The molecule has 1 N–H and O–H groups in total. The van der Waals surface area contributed by atoms with Gasteiger partial charge in [-0.2, -0.15) is 0 Å². The van der Waals surface area contributed by atoms with Crippen LogP contribution in [-0.4, -0.2) is 46.7 Å². The molecule has 0 aliphatic carbocycles. The molecule has 2 aliphatic heterocycles. The molecule has 0 unspecified atom stereocenters. The predicted octanol–water partition coefficient (Wildman–Crippen LogP) is 0.644. The number of β-lactam (4-membered cyclic amide) rings is 4. The number of carbonyl (C=O) groups excluding carboxylic acids is 4. The van der Waals surface area contributed by atoms with Gasteiger partial charge in [0.15, 0.2) is 0 Å². The van der Waals surface area contributed by atoms with Crippen LogP contribution in [0.2, 0.25) is 0 Å². The quantitative estimate of drug-likeness (QED) is 0.325. The van der Waals surface area contributed by atoms with E-state index in [9.17, 15) is 24.0 Å². The summed E-state index contributed by atoms with van der Waals surface area (Å²) in [6.45, 7) is 0. The zero-order valence-corrected chi connectivity index (χ0v) is 16.3. The van der Waals surface area contributed by atoms with Gasteiger partial charge in [-0.15, -0.1) is 0 Å². The summed E-state index contributed by atoms with van der Waals surface area (Å²) in [6, 6.07) is 9.31. The summed E-state index contributed by atoms with van der Waals surface area (Å²) in [6.07, 6.45) is 2.68. The van der Waals surface area contributed by atoms with Crippen LogP contribution < -0.4 is 0 Å². The van der Waals surface area contributed by atoms with Crippen molar-refractivity contribution in [2.45, 2.75) is 0 Å². The minimum absolute atomic E-state index is 0. The van der Waals surface area contributed by atoms with Gasteiger partial charge in [-0.3, -0.25) is 14.5 Å². The Labute approximate surface area is 169 Å². The van der Waals surface area contributed by atoms with Gasteiger partial charge in [0.05, 0.1) is 11.8 Å². The maximum Gasteiger partial charge on any atom is 0.328 e. The maximum absolute atomic E-state index is 11.0. The largest absolute Gasteiger partial charge is 0.592 e. The zero-order valence-electron chi connectivity index (χ0n) is 13.5. The molecule has 25 heavy (non-hydrogen) atoms. The molecule has 3 rings (SSSR count). The fraction of sp³-hybridized carbons (Fsp3) is 0.125. The van der Waals surface area contributed by atoms with Crippen LogP contribution in [0.15, 0.2) is 36.4 Å². The number of aliphatic carboxylic acids is 1. The molecule has 1 spiro atoms. The topological polar surface area (TPSA) is 123 Å². The second-order valence-corrected chi connectivity index (χ2v) is 4.72. The third-order valence-electron chi connectivity index (χ3n) is 3.31. The average Bonchev–Trinajstić information content (AvgIpc) is 2.54. The number of benzene rings is 1. The van der Waals surface area contributed by atoms with E-state index in [2.05, 4.69) is 5.32 Å². The van der Waals surface area contributed by atoms with E-state index in [1.165, 1.54) is 7.05 Å². The van der Waals surface area contributed by atoms with Gasteiger partial charge in [0.25, 0.3) is 11.8 Å². The number of hydrogen-bond acceptors (Lipinski definition) is 5. The van der Waals surface area contributed by atoms with Crippen molar-refractivity contribution in [1.82, 2.24) is 4.90 Å². The Morgan fingerprint density at radius 3 is 1.92 bits per heavy atom. The predicted molar refractivity (Wildman–Crippen MR) is 83.1 cm³/mol. The molecule has 1 aromatic rings. The summed E-state index contributed by atoms with van der Waals surface area (Å²) in [7, 11) is 1.22. The fourth-order valence-electron chi connectivity index (χ4n) is 2.03. The molecule has 2 aliphatic rings. The van der Waals surface area contributed by atoms with E-state index in [0.717, 1.165) is 16.5 Å². The van der Waals surface area contributed by atoms with Crippen molar-refractivity contribution in [2.24, 2.45) is 5.41 Å². The van der Waals surface area contributed by atoms with Crippen LogP contribution in [0.1, 0.15) is 5.56 Å². The van der Waals surface area contributed by atoms with Gasteiger partial charge in [0.1, 0.15) is 0 Å². The number of amides is 4. The molecule has 0 saturated carbocycles. The van der Waals surface area contributed by atoms with Gasteiger partial charge in [-0.1, -0.05) is 30.3 Å². The summed E-state index contributed by atoms with van der Waals surface area (Å²) >= 11 is 0. The van der Waals surface area contributed by atoms with Crippen LogP contribution in [0, 0.1) is 12.8 Å². The third-order valence-corrected chi connectivity index (χ3v) is 3.31. The number of carboxylic acid groups (broad SMARTS) is 1. The van der Waals surface area contributed by atoms with Crippen molar-refractivity contribution in [3.63, 3.8) is 0 Å². The van der Waals surface area contributed by atoms with E-state index in [1.54, 1.807) is 6.08 Å². The molecule has 0 bridgehead atoms. The van der Waals surface area contributed by atoms with Gasteiger partial charge in [-0.05, 0) is 11.6 Å². The van der Waals surface area contributed by atoms with Crippen molar-refractivity contribution in [1.29, 1.82) is 0 Å². The molecule has 1 aromatic carbocycles. The van der Waals surface area contributed by atoms with Crippen LogP contribution in [0.25, 0.3) is 11.4 Å². The Bertz CT molecular complexity index is 712. The Balaban J connectivity index is 0.000000429. The molecule has 129 valence electrons. The molecular formula is C16H14N2O6Y-2. The second-order valence-electron chi connectivity index (χ2n) is 4.72. The molecule has 0 aromatic heterocycles. The van der Waals surface area contributed by atoms with Gasteiger partial charge in [-0.25, -0.2) is 4.79 Å². The number of nitrogens with zero attached hydrogens (tertiary/aromatic N) is 2. The van der Waals surface area contributed by atoms with Crippen molar-refractivity contribution in [2.75, 3.05) is 7.05 Å². The van der Waals surface area contributed by atoms with Crippen LogP contribution >= 0.6 is 0 Å². The van der Waals surface area contributed by atoms with Gasteiger partial charge >= 0.3 is 5.97 Å². The van der Waals surface area contributed by atoms with E-state index in [4.69, 9.17) is 5.11 Å². The second kappa shape index (κ2) is 8.78. The third kappa shape index (κ3) is 3.91. The number of hydrogen-bond donors (Lipinski definition) is 1. The molecule has 0 atom stereocenters. The number of carbonyl (C=O) groups is 5. The van der Waals surface area contributed by atoms with E-state index < -0.39 is 35.0 Å². The summed E-state index contributed by atoms with van der Waals surface area (Å²) in [5.74, 6) is -4.31. The van der Waals surface area contributed by atoms with E-state index >= 15 is 0 Å². The Kier molecular flexibility index (Phi) is 8.01. The van der Waals surface area contributed by atoms with Gasteiger partial charge in [0, 0.05) is 45.8 Å². The molecule has 1 radical (unpaired) electrons. The minimum atomic E-state index is -2.05.